The van der Waals surface area contributed by atoms with Crippen molar-refractivity contribution in [1.29, 1.82) is 0 Å². The molecule has 0 saturated heterocycles. The van der Waals surface area contributed by atoms with Crippen LogP contribution in [0, 0.1) is 0 Å². The smallest absolute Gasteiger partial charge is 0.260 e. The summed E-state index contributed by atoms with van der Waals surface area (Å²) in [6.45, 7) is 4.03. The molecule has 6 nitrogen and oxygen atoms in total. The van der Waals surface area contributed by atoms with E-state index in [-0.39, 0.29) is 11.1 Å². The van der Waals surface area contributed by atoms with Crippen molar-refractivity contribution in [2.45, 2.75) is 44.2 Å². The maximum Gasteiger partial charge on any atom is 0.260 e. The summed E-state index contributed by atoms with van der Waals surface area (Å²) in [6, 6.07) is -0.0427. The Morgan fingerprint density at radius 3 is 2.80 bits per heavy atom. The molecule has 0 radical (unpaired) electrons. The van der Waals surface area contributed by atoms with Crippen LogP contribution in [0.2, 0.25) is 0 Å². The monoisotopic (exact) mass is 316 g/mol. The average Bonchev–Trinajstić information content (AvgIpc) is 2.96. The first-order chi connectivity index (χ1) is 9.53. The molecule has 0 saturated carbocycles. The Morgan fingerprint density at radius 2 is 2.20 bits per heavy atom. The Hall–Kier alpha value is -1.12. The second-order valence-corrected chi connectivity index (χ2v) is 7.09. The Balaban J connectivity index is 2.42. The number of aromatic nitrogens is 2. The first-order valence-corrected chi connectivity index (χ1v) is 9.05. The van der Waals surface area contributed by atoms with Crippen LogP contribution >= 0.6 is 11.3 Å². The first-order valence-electron chi connectivity index (χ1n) is 6.69. The minimum atomic E-state index is -3.60. The lowest BCUT2D eigenvalue weighted by Gasteiger charge is -2.16. The Bertz CT molecular complexity index is 675. The van der Waals surface area contributed by atoms with Gasteiger partial charge in [-0.25, -0.2) is 18.1 Å². The van der Waals surface area contributed by atoms with E-state index >= 15 is 0 Å². The van der Waals surface area contributed by atoms with Gasteiger partial charge in [-0.05, 0) is 12.8 Å². The van der Waals surface area contributed by atoms with E-state index in [0.29, 0.717) is 10.8 Å². The van der Waals surface area contributed by atoms with Crippen molar-refractivity contribution in [3.63, 3.8) is 0 Å². The summed E-state index contributed by atoms with van der Waals surface area (Å²) in [6.07, 6.45) is 4.27. The van der Waals surface area contributed by atoms with Gasteiger partial charge in [-0.2, -0.15) is 0 Å². The lowest BCUT2D eigenvalue weighted by Crippen LogP contribution is -2.35. The van der Waals surface area contributed by atoms with E-state index in [9.17, 15) is 8.42 Å². The van der Waals surface area contributed by atoms with E-state index in [2.05, 4.69) is 15.0 Å². The molecule has 0 bridgehead atoms. The van der Waals surface area contributed by atoms with Crippen LogP contribution in [0.5, 0.6) is 0 Å². The number of rotatable bonds is 7. The van der Waals surface area contributed by atoms with Gasteiger partial charge in [-0.3, -0.25) is 4.40 Å². The minimum absolute atomic E-state index is 0.0427. The minimum Gasteiger partial charge on any atom is -0.371 e. The molecular weight excluding hydrogens is 296 g/mol. The van der Waals surface area contributed by atoms with Gasteiger partial charge in [-0.1, -0.05) is 20.3 Å². The van der Waals surface area contributed by atoms with Crippen LogP contribution in [0.15, 0.2) is 16.6 Å². The van der Waals surface area contributed by atoms with Gasteiger partial charge in [0, 0.05) is 24.7 Å². The van der Waals surface area contributed by atoms with Gasteiger partial charge >= 0.3 is 0 Å². The molecule has 112 valence electrons. The van der Waals surface area contributed by atoms with E-state index in [4.69, 9.17) is 0 Å². The van der Waals surface area contributed by atoms with Crippen LogP contribution in [0.1, 0.15) is 33.1 Å². The van der Waals surface area contributed by atoms with Crippen molar-refractivity contribution in [3.05, 3.63) is 11.6 Å². The number of fused-ring (bicyclic) bond motifs is 1. The van der Waals surface area contributed by atoms with E-state index in [1.54, 1.807) is 17.6 Å². The summed E-state index contributed by atoms with van der Waals surface area (Å²) in [5.41, 5.74) is 0. The third kappa shape index (κ3) is 2.82. The molecule has 2 rings (SSSR count). The van der Waals surface area contributed by atoms with Crippen LogP contribution < -0.4 is 10.0 Å². The number of hydrogen-bond acceptors (Lipinski definition) is 5. The molecule has 0 aliphatic carbocycles. The molecule has 0 spiro atoms. The van der Waals surface area contributed by atoms with Crippen molar-refractivity contribution in [1.82, 2.24) is 14.1 Å². The van der Waals surface area contributed by atoms with Gasteiger partial charge in [0.05, 0.1) is 0 Å². The predicted molar refractivity (Wildman–Crippen MR) is 81.9 cm³/mol. The molecule has 20 heavy (non-hydrogen) atoms. The van der Waals surface area contributed by atoms with Gasteiger partial charge < -0.3 is 5.32 Å². The van der Waals surface area contributed by atoms with Crippen molar-refractivity contribution in [2.24, 2.45) is 0 Å². The Kier molecular flexibility index (Phi) is 4.66. The van der Waals surface area contributed by atoms with Gasteiger partial charge in [0.2, 0.25) is 0 Å². The molecule has 2 aromatic heterocycles. The van der Waals surface area contributed by atoms with Crippen molar-refractivity contribution < 1.29 is 8.42 Å². The molecule has 2 N–H and O–H groups in total. The zero-order chi connectivity index (χ0) is 14.8. The number of nitrogens with one attached hydrogen (secondary N) is 2. The Morgan fingerprint density at radius 1 is 1.45 bits per heavy atom. The molecule has 0 aromatic carbocycles. The molecule has 0 aliphatic heterocycles. The van der Waals surface area contributed by atoms with Crippen molar-refractivity contribution in [2.75, 3.05) is 12.4 Å². The molecule has 8 heteroatoms. The normalized spacial score (nSPS) is 13.8. The summed E-state index contributed by atoms with van der Waals surface area (Å²) in [5, 5.41) is 4.87. The molecule has 1 atom stereocenters. The highest BCUT2D eigenvalue weighted by Gasteiger charge is 2.27. The highest BCUT2D eigenvalue weighted by atomic mass is 32.2. The summed E-state index contributed by atoms with van der Waals surface area (Å²) in [7, 11) is -1.92. The number of thiazole rings is 1. The predicted octanol–water partition coefficient (Wildman–Crippen LogP) is 2.29. The largest absolute Gasteiger partial charge is 0.371 e. The molecule has 0 aliphatic rings. The van der Waals surface area contributed by atoms with Crippen molar-refractivity contribution in [3.8, 4) is 0 Å². The molecule has 0 fully saturated rings. The summed E-state index contributed by atoms with van der Waals surface area (Å²) in [4.78, 5) is 4.95. The lowest BCUT2D eigenvalue weighted by molar-refractivity contribution is 0.510. The second-order valence-electron chi connectivity index (χ2n) is 4.59. The fraction of sp³-hybridized carbons (Fsp3) is 0.583. The Labute approximate surface area is 123 Å². The van der Waals surface area contributed by atoms with Gasteiger partial charge in [0.25, 0.3) is 10.0 Å². The highest BCUT2D eigenvalue weighted by Crippen LogP contribution is 2.25. The number of imidazole rings is 1. The van der Waals surface area contributed by atoms with E-state index in [1.165, 1.54) is 11.3 Å². The summed E-state index contributed by atoms with van der Waals surface area (Å²) >= 11 is 1.41. The molecule has 2 heterocycles. The maximum atomic E-state index is 12.6. The number of sulfonamides is 1. The quantitative estimate of drug-likeness (QED) is 0.822. The van der Waals surface area contributed by atoms with Gasteiger partial charge in [-0.15, -0.1) is 11.3 Å². The fourth-order valence-electron chi connectivity index (χ4n) is 2.15. The first kappa shape index (κ1) is 15.3. The third-order valence-electron chi connectivity index (χ3n) is 3.16. The standard InChI is InChI=1S/C12H20N4O2S2/c1-4-6-9(5-2)15-20(17,18)11-10(13-3)14-12-16(11)7-8-19-12/h7-9,13,15H,4-6H2,1-3H3. The van der Waals surface area contributed by atoms with Crippen molar-refractivity contribution >= 4 is 32.1 Å². The van der Waals surface area contributed by atoms with Gasteiger partial charge in [0.15, 0.2) is 15.8 Å². The fourth-order valence-corrected chi connectivity index (χ4v) is 4.57. The van der Waals surface area contributed by atoms with Crippen LogP contribution in [0.25, 0.3) is 4.96 Å². The molecular formula is C12H20N4O2S2. The number of anilines is 1. The summed E-state index contributed by atoms with van der Waals surface area (Å²) in [5.74, 6) is 0.385. The highest BCUT2D eigenvalue weighted by molar-refractivity contribution is 7.89. The van der Waals surface area contributed by atoms with Gasteiger partial charge in [0.1, 0.15) is 0 Å². The molecule has 1 unspecified atom stereocenters. The van der Waals surface area contributed by atoms with Crippen LogP contribution in [0.3, 0.4) is 0 Å². The van der Waals surface area contributed by atoms with E-state index in [0.717, 1.165) is 19.3 Å². The second kappa shape index (κ2) is 6.11. The number of hydrogen-bond donors (Lipinski definition) is 2. The third-order valence-corrected chi connectivity index (χ3v) is 5.46. The van der Waals surface area contributed by atoms with Crippen LogP contribution in [-0.4, -0.2) is 30.9 Å². The van der Waals surface area contributed by atoms with E-state index < -0.39 is 10.0 Å². The van der Waals surface area contributed by atoms with Crippen LogP contribution in [0.4, 0.5) is 5.82 Å². The molecule has 2 aromatic rings. The number of nitrogens with zero attached hydrogens (tertiary/aromatic N) is 2. The summed E-state index contributed by atoms with van der Waals surface area (Å²) < 4.78 is 29.6. The average molecular weight is 316 g/mol. The topological polar surface area (TPSA) is 75.5 Å². The lowest BCUT2D eigenvalue weighted by atomic mass is 10.1. The molecule has 0 amide bonds. The zero-order valence-corrected chi connectivity index (χ0v) is 13.5. The maximum absolute atomic E-state index is 12.6. The van der Waals surface area contributed by atoms with E-state index in [1.807, 2.05) is 19.2 Å². The SMILES string of the molecule is CCCC(CC)NS(=O)(=O)c1c(NC)nc2sccn12. The zero-order valence-electron chi connectivity index (χ0n) is 11.9. The van der Waals surface area contributed by atoms with Crippen LogP contribution in [-0.2, 0) is 10.0 Å².